The molecule has 1 aliphatic heterocycles. The largest absolute Gasteiger partial charge is 0.372 e. The second-order valence-electron chi connectivity index (χ2n) is 8.96. The van der Waals surface area contributed by atoms with Crippen molar-refractivity contribution in [1.82, 2.24) is 20.2 Å². The fourth-order valence-electron chi connectivity index (χ4n) is 4.59. The van der Waals surface area contributed by atoms with Crippen LogP contribution in [0.25, 0.3) is 11.0 Å². The predicted molar refractivity (Wildman–Crippen MR) is 132 cm³/mol. The fraction of sp³-hybridized carbons (Fsp3) is 0.480. The van der Waals surface area contributed by atoms with Crippen LogP contribution in [0.15, 0.2) is 24.3 Å². The summed E-state index contributed by atoms with van der Waals surface area (Å²) in [7, 11) is 4.10. The van der Waals surface area contributed by atoms with Gasteiger partial charge in [0, 0.05) is 46.3 Å². The average molecular weight is 439 g/mol. The molecule has 0 atom stereocenters. The summed E-state index contributed by atoms with van der Waals surface area (Å²) in [4.78, 5) is 9.83. The molecule has 2 N–H and O–H groups in total. The lowest BCUT2D eigenvalue weighted by atomic mass is 10.1. The minimum atomic E-state index is -0.115. The first-order valence-corrected chi connectivity index (χ1v) is 11.5. The van der Waals surface area contributed by atoms with Gasteiger partial charge in [-0.3, -0.25) is 0 Å². The van der Waals surface area contributed by atoms with Crippen LogP contribution >= 0.6 is 0 Å². The van der Waals surface area contributed by atoms with Crippen LogP contribution in [0.2, 0.25) is 0 Å². The van der Waals surface area contributed by atoms with Gasteiger partial charge in [0.25, 0.3) is 0 Å². The van der Waals surface area contributed by atoms with E-state index in [4.69, 9.17) is 4.98 Å². The third-order valence-electron chi connectivity index (χ3n) is 6.30. The second kappa shape index (κ2) is 9.46. The molecular weight excluding hydrogens is 403 g/mol. The van der Waals surface area contributed by atoms with E-state index < -0.39 is 0 Å². The van der Waals surface area contributed by atoms with Crippen molar-refractivity contribution in [2.75, 3.05) is 63.2 Å². The maximum atomic E-state index is 14.3. The summed E-state index contributed by atoms with van der Waals surface area (Å²) in [6.45, 7) is 12.1. The van der Waals surface area contributed by atoms with Crippen LogP contribution in [0.1, 0.15) is 22.3 Å². The van der Waals surface area contributed by atoms with Gasteiger partial charge in [0.05, 0.1) is 17.7 Å². The SMILES string of the molecule is CNCCN(C)c1cc(C)cc2c1nc(N1CCNCC1)n2Cc1cc(C)c(F)c(C)c1. The molecule has 2 aromatic carbocycles. The van der Waals surface area contributed by atoms with Gasteiger partial charge >= 0.3 is 0 Å². The molecular formula is C25H35FN6. The van der Waals surface area contributed by atoms with Crippen LogP contribution in [-0.4, -0.2) is 62.9 Å². The van der Waals surface area contributed by atoms with Crippen LogP contribution in [0.5, 0.6) is 0 Å². The summed E-state index contributed by atoms with van der Waals surface area (Å²) in [5.41, 5.74) is 7.00. The highest BCUT2D eigenvalue weighted by Crippen LogP contribution is 2.32. The molecule has 32 heavy (non-hydrogen) atoms. The van der Waals surface area contributed by atoms with Crippen molar-refractivity contribution in [1.29, 1.82) is 0 Å². The molecule has 172 valence electrons. The number of aromatic nitrogens is 2. The number of rotatable bonds is 7. The van der Waals surface area contributed by atoms with E-state index >= 15 is 0 Å². The lowest BCUT2D eigenvalue weighted by molar-refractivity contribution is 0.571. The van der Waals surface area contributed by atoms with E-state index in [2.05, 4.69) is 51.1 Å². The summed E-state index contributed by atoms with van der Waals surface area (Å²) in [5.74, 6) is 0.880. The van der Waals surface area contributed by atoms with Crippen LogP contribution in [0, 0.1) is 26.6 Å². The molecule has 6 nitrogen and oxygen atoms in total. The van der Waals surface area contributed by atoms with E-state index in [9.17, 15) is 4.39 Å². The van der Waals surface area contributed by atoms with Gasteiger partial charge in [-0.15, -0.1) is 0 Å². The zero-order valence-electron chi connectivity index (χ0n) is 19.9. The van der Waals surface area contributed by atoms with Gasteiger partial charge in [-0.25, -0.2) is 9.37 Å². The third-order valence-corrected chi connectivity index (χ3v) is 6.30. The molecule has 3 aromatic rings. The van der Waals surface area contributed by atoms with Crippen molar-refractivity contribution in [2.45, 2.75) is 27.3 Å². The number of likely N-dealkylation sites (N-methyl/N-ethyl adjacent to an activating group) is 2. The van der Waals surface area contributed by atoms with Gasteiger partial charge in [0.15, 0.2) is 0 Å². The fourth-order valence-corrected chi connectivity index (χ4v) is 4.59. The summed E-state index contributed by atoms with van der Waals surface area (Å²) in [5, 5.41) is 6.67. The maximum absolute atomic E-state index is 14.3. The molecule has 7 heteroatoms. The topological polar surface area (TPSA) is 48.4 Å². The number of fused-ring (bicyclic) bond motifs is 1. The number of imidazole rings is 1. The van der Waals surface area contributed by atoms with E-state index in [-0.39, 0.29) is 5.82 Å². The highest BCUT2D eigenvalue weighted by molar-refractivity contribution is 5.92. The molecule has 1 aliphatic rings. The van der Waals surface area contributed by atoms with Crippen molar-refractivity contribution < 1.29 is 4.39 Å². The number of halogens is 1. The van der Waals surface area contributed by atoms with Gasteiger partial charge in [-0.05, 0) is 62.2 Å². The number of piperazine rings is 1. The Morgan fingerprint density at radius 1 is 1.09 bits per heavy atom. The maximum Gasteiger partial charge on any atom is 0.207 e. The van der Waals surface area contributed by atoms with Gasteiger partial charge in [0.1, 0.15) is 11.3 Å². The van der Waals surface area contributed by atoms with Gasteiger partial charge < -0.3 is 25.0 Å². The molecule has 0 saturated carbocycles. The van der Waals surface area contributed by atoms with Gasteiger partial charge in [-0.1, -0.05) is 12.1 Å². The van der Waals surface area contributed by atoms with Crippen molar-refractivity contribution in [3.63, 3.8) is 0 Å². The first-order chi connectivity index (χ1) is 15.4. The molecule has 0 radical (unpaired) electrons. The second-order valence-corrected chi connectivity index (χ2v) is 8.96. The number of benzene rings is 2. The molecule has 1 fully saturated rings. The summed E-state index contributed by atoms with van der Waals surface area (Å²) in [6, 6.07) is 8.38. The standard InChI is InChI=1S/C25H35FN6/c1-17-12-21(30(5)9-6-27-4)24-22(13-17)32(25(29-24)31-10-7-28-8-11-31)16-20-14-18(2)23(26)19(3)15-20/h12-15,27-28H,6-11,16H2,1-5H3. The van der Waals surface area contributed by atoms with Gasteiger partial charge in [0.2, 0.25) is 5.95 Å². The first kappa shape index (κ1) is 22.6. The van der Waals surface area contributed by atoms with E-state index in [0.29, 0.717) is 17.7 Å². The molecule has 0 aliphatic carbocycles. The normalized spacial score (nSPS) is 14.4. The Bertz CT molecular complexity index is 1080. The Morgan fingerprint density at radius 2 is 1.78 bits per heavy atom. The van der Waals surface area contributed by atoms with Crippen molar-refractivity contribution >= 4 is 22.7 Å². The highest BCUT2D eigenvalue weighted by atomic mass is 19.1. The Labute approximate surface area is 190 Å². The minimum Gasteiger partial charge on any atom is -0.372 e. The van der Waals surface area contributed by atoms with Crippen LogP contribution in [0.4, 0.5) is 16.0 Å². The Kier molecular flexibility index (Phi) is 6.67. The quantitative estimate of drug-likeness (QED) is 0.593. The molecule has 0 bridgehead atoms. The Balaban J connectivity index is 1.85. The molecule has 0 spiro atoms. The highest BCUT2D eigenvalue weighted by Gasteiger charge is 2.22. The number of nitrogens with zero attached hydrogens (tertiary/aromatic N) is 4. The first-order valence-electron chi connectivity index (χ1n) is 11.5. The summed E-state index contributed by atoms with van der Waals surface area (Å²) < 4.78 is 16.6. The molecule has 2 heterocycles. The van der Waals surface area contributed by atoms with Crippen molar-refractivity contribution in [3.8, 4) is 0 Å². The molecule has 1 saturated heterocycles. The van der Waals surface area contributed by atoms with Crippen molar-refractivity contribution in [2.24, 2.45) is 0 Å². The number of hydrogen-bond donors (Lipinski definition) is 2. The molecule has 0 unspecified atom stereocenters. The summed E-state index contributed by atoms with van der Waals surface area (Å²) in [6.07, 6.45) is 0. The van der Waals surface area contributed by atoms with Crippen molar-refractivity contribution in [3.05, 3.63) is 52.3 Å². The molecule has 0 amide bonds. The number of nitrogens with one attached hydrogen (secondary N) is 2. The third kappa shape index (κ3) is 4.45. The Morgan fingerprint density at radius 3 is 2.44 bits per heavy atom. The predicted octanol–water partition coefficient (Wildman–Crippen LogP) is 3.21. The smallest absolute Gasteiger partial charge is 0.207 e. The van der Waals surface area contributed by atoms with E-state index in [1.807, 2.05) is 33.0 Å². The summed E-state index contributed by atoms with van der Waals surface area (Å²) >= 11 is 0. The number of anilines is 2. The number of hydrogen-bond acceptors (Lipinski definition) is 5. The molecule has 1 aromatic heterocycles. The van der Waals surface area contributed by atoms with E-state index in [1.165, 1.54) is 5.56 Å². The Hall–Kier alpha value is -2.64. The number of aryl methyl sites for hydroxylation is 3. The monoisotopic (exact) mass is 438 g/mol. The zero-order chi connectivity index (χ0) is 22.8. The van der Waals surface area contributed by atoms with E-state index in [0.717, 1.165) is 67.5 Å². The zero-order valence-corrected chi connectivity index (χ0v) is 19.9. The van der Waals surface area contributed by atoms with Crippen LogP contribution in [0.3, 0.4) is 0 Å². The lowest BCUT2D eigenvalue weighted by Gasteiger charge is -2.29. The molecule has 4 rings (SSSR count). The van der Waals surface area contributed by atoms with E-state index in [1.54, 1.807) is 0 Å². The van der Waals surface area contributed by atoms with Crippen LogP contribution < -0.4 is 20.4 Å². The average Bonchev–Trinajstić information content (AvgIpc) is 3.13. The lowest BCUT2D eigenvalue weighted by Crippen LogP contribution is -2.44. The van der Waals surface area contributed by atoms with Gasteiger partial charge in [-0.2, -0.15) is 0 Å². The van der Waals surface area contributed by atoms with Crippen LogP contribution in [-0.2, 0) is 6.54 Å². The minimum absolute atomic E-state index is 0.115.